The van der Waals surface area contributed by atoms with Gasteiger partial charge in [-0.2, -0.15) is 4.98 Å². The molecule has 4 N–H and O–H groups in total. The summed E-state index contributed by atoms with van der Waals surface area (Å²) in [6.45, 7) is 3.70. The third kappa shape index (κ3) is 5.36. The normalized spacial score (nSPS) is 17.6. The van der Waals surface area contributed by atoms with Gasteiger partial charge < -0.3 is 30.9 Å². The fraction of sp³-hybridized carbons (Fsp3) is 0.320. The molecule has 2 fully saturated rings. The van der Waals surface area contributed by atoms with Crippen molar-refractivity contribution < 1.29 is 14.3 Å². The number of aromatic nitrogens is 3. The molecule has 5 rings (SSSR count). The second kappa shape index (κ2) is 10.6. The van der Waals surface area contributed by atoms with Crippen LogP contribution in [-0.4, -0.2) is 77.3 Å². The number of hydrogen-bond acceptors (Lipinski definition) is 9. The zero-order chi connectivity index (χ0) is 24.9. The van der Waals surface area contributed by atoms with E-state index in [4.69, 9.17) is 10.5 Å². The molecular weight excluding hydrogens is 460 g/mol. The van der Waals surface area contributed by atoms with Gasteiger partial charge in [-0.25, -0.2) is 0 Å². The van der Waals surface area contributed by atoms with Gasteiger partial charge in [0.1, 0.15) is 0 Å². The van der Waals surface area contributed by atoms with E-state index in [0.29, 0.717) is 50.0 Å². The number of benzene rings is 2. The maximum atomic E-state index is 12.7. The van der Waals surface area contributed by atoms with Crippen molar-refractivity contribution in [3.8, 4) is 0 Å². The van der Waals surface area contributed by atoms with E-state index >= 15 is 0 Å². The third-order valence-electron chi connectivity index (χ3n) is 6.22. The molecule has 0 bridgehead atoms. The van der Waals surface area contributed by atoms with Gasteiger partial charge >= 0.3 is 0 Å². The van der Waals surface area contributed by atoms with Crippen molar-refractivity contribution in [1.29, 1.82) is 0 Å². The highest BCUT2D eigenvalue weighted by atomic mass is 16.5. The second-order valence-electron chi connectivity index (χ2n) is 8.72. The predicted molar refractivity (Wildman–Crippen MR) is 135 cm³/mol. The average Bonchev–Trinajstić information content (AvgIpc) is 3.38. The van der Waals surface area contributed by atoms with Gasteiger partial charge in [0.15, 0.2) is 11.5 Å². The van der Waals surface area contributed by atoms with E-state index in [2.05, 4.69) is 25.8 Å². The Morgan fingerprint density at radius 2 is 1.69 bits per heavy atom. The topological polar surface area (TPSA) is 139 Å². The molecule has 36 heavy (non-hydrogen) atoms. The van der Waals surface area contributed by atoms with Crippen LogP contribution in [0.25, 0.3) is 0 Å². The highest BCUT2D eigenvalue weighted by Gasteiger charge is 2.26. The Labute approximate surface area is 208 Å². The van der Waals surface area contributed by atoms with Crippen LogP contribution in [0.3, 0.4) is 0 Å². The standard InChI is InChI=1S/C25H28N8O3/c26-22(34)21-23(28-19-8-6-17(7-9-19)24(35)32-12-14-36-15-13-32)29-25(31-30-21)33-11-10-20(16-33)27-18-4-2-1-3-5-18/h1-9,20,27H,10-16H2,(H2,26,34)(H,28,29,31)/t20-/m1/s1. The summed E-state index contributed by atoms with van der Waals surface area (Å²) in [6.07, 6.45) is 0.914. The number of rotatable bonds is 7. The quantitative estimate of drug-likeness (QED) is 0.455. The summed E-state index contributed by atoms with van der Waals surface area (Å²) in [5.74, 6) is -0.132. The fourth-order valence-electron chi connectivity index (χ4n) is 4.32. The lowest BCUT2D eigenvalue weighted by molar-refractivity contribution is 0.0303. The first kappa shape index (κ1) is 23.5. The Hall–Kier alpha value is -4.25. The Morgan fingerprint density at radius 3 is 2.42 bits per heavy atom. The minimum absolute atomic E-state index is 0.0404. The van der Waals surface area contributed by atoms with Crippen molar-refractivity contribution in [3.05, 3.63) is 65.9 Å². The minimum Gasteiger partial charge on any atom is -0.380 e. The number of primary amides is 1. The van der Waals surface area contributed by atoms with Crippen molar-refractivity contribution in [2.75, 3.05) is 54.9 Å². The van der Waals surface area contributed by atoms with Crippen molar-refractivity contribution in [3.63, 3.8) is 0 Å². The van der Waals surface area contributed by atoms with E-state index in [1.165, 1.54) is 0 Å². The third-order valence-corrected chi connectivity index (χ3v) is 6.22. The number of carbonyl (C=O) groups excluding carboxylic acids is 2. The van der Waals surface area contributed by atoms with Crippen LogP contribution in [0.2, 0.25) is 0 Å². The maximum absolute atomic E-state index is 12.7. The van der Waals surface area contributed by atoms with E-state index in [-0.39, 0.29) is 23.5 Å². The molecular formula is C25H28N8O3. The van der Waals surface area contributed by atoms with Gasteiger partial charge in [-0.1, -0.05) is 18.2 Å². The lowest BCUT2D eigenvalue weighted by atomic mass is 10.1. The summed E-state index contributed by atoms with van der Waals surface area (Å²) < 4.78 is 5.31. The molecule has 11 nitrogen and oxygen atoms in total. The van der Waals surface area contributed by atoms with Crippen LogP contribution in [-0.2, 0) is 4.74 Å². The number of nitrogens with zero attached hydrogens (tertiary/aromatic N) is 5. The van der Waals surface area contributed by atoms with E-state index in [1.54, 1.807) is 29.2 Å². The molecule has 2 amide bonds. The molecule has 0 unspecified atom stereocenters. The monoisotopic (exact) mass is 488 g/mol. The summed E-state index contributed by atoms with van der Waals surface area (Å²) in [4.78, 5) is 33.0. The Balaban J connectivity index is 1.29. The van der Waals surface area contributed by atoms with Crippen molar-refractivity contribution in [2.45, 2.75) is 12.5 Å². The first-order valence-corrected chi connectivity index (χ1v) is 11.9. The highest BCUT2D eigenvalue weighted by Crippen LogP contribution is 2.24. The number of amides is 2. The van der Waals surface area contributed by atoms with E-state index in [9.17, 15) is 9.59 Å². The maximum Gasteiger partial charge on any atom is 0.273 e. The molecule has 3 aromatic rings. The average molecular weight is 489 g/mol. The Morgan fingerprint density at radius 1 is 0.944 bits per heavy atom. The van der Waals surface area contributed by atoms with Crippen LogP contribution in [0, 0.1) is 0 Å². The lowest BCUT2D eigenvalue weighted by Gasteiger charge is -2.26. The smallest absolute Gasteiger partial charge is 0.273 e. The van der Waals surface area contributed by atoms with Gasteiger partial charge in [0.25, 0.3) is 11.8 Å². The van der Waals surface area contributed by atoms with Crippen molar-refractivity contribution in [2.24, 2.45) is 5.73 Å². The minimum atomic E-state index is -0.729. The van der Waals surface area contributed by atoms with Gasteiger partial charge in [0.05, 0.1) is 13.2 Å². The molecule has 1 aromatic heterocycles. The van der Waals surface area contributed by atoms with Crippen LogP contribution in [0.5, 0.6) is 0 Å². The van der Waals surface area contributed by atoms with Crippen molar-refractivity contribution >= 4 is 35.0 Å². The van der Waals surface area contributed by atoms with E-state index in [1.807, 2.05) is 35.2 Å². The summed E-state index contributed by atoms with van der Waals surface area (Å²) in [6, 6.07) is 17.3. The SMILES string of the molecule is NC(=O)c1nnc(N2CC[C@@H](Nc3ccccc3)C2)nc1Nc1ccc(C(=O)N2CCOCC2)cc1. The van der Waals surface area contributed by atoms with Crippen LogP contribution in [0.1, 0.15) is 27.3 Å². The molecule has 0 saturated carbocycles. The van der Waals surface area contributed by atoms with E-state index in [0.717, 1.165) is 18.7 Å². The van der Waals surface area contributed by atoms with Gasteiger partial charge in [0.2, 0.25) is 5.95 Å². The molecule has 186 valence electrons. The Kier molecular flexibility index (Phi) is 6.89. The molecule has 2 saturated heterocycles. The van der Waals surface area contributed by atoms with Crippen LogP contribution < -0.4 is 21.3 Å². The number of nitrogens with two attached hydrogens (primary N) is 1. The molecule has 0 spiro atoms. The molecule has 0 aliphatic carbocycles. The lowest BCUT2D eigenvalue weighted by Crippen LogP contribution is -2.40. The summed E-state index contributed by atoms with van der Waals surface area (Å²) >= 11 is 0. The number of hydrogen-bond donors (Lipinski definition) is 3. The molecule has 2 aromatic carbocycles. The molecule has 0 radical (unpaired) electrons. The number of anilines is 4. The number of ether oxygens (including phenoxy) is 1. The van der Waals surface area contributed by atoms with Crippen molar-refractivity contribution in [1.82, 2.24) is 20.1 Å². The largest absolute Gasteiger partial charge is 0.380 e. The first-order valence-electron chi connectivity index (χ1n) is 11.9. The zero-order valence-corrected chi connectivity index (χ0v) is 19.8. The van der Waals surface area contributed by atoms with Gasteiger partial charge in [-0.15, -0.1) is 10.2 Å². The summed E-state index contributed by atoms with van der Waals surface area (Å²) in [5.41, 5.74) is 7.75. The first-order chi connectivity index (χ1) is 17.6. The predicted octanol–water partition coefficient (Wildman–Crippen LogP) is 1.88. The molecule has 2 aliphatic rings. The molecule has 1 atom stereocenters. The molecule has 3 heterocycles. The number of morpholine rings is 1. The zero-order valence-electron chi connectivity index (χ0n) is 19.8. The van der Waals surface area contributed by atoms with Crippen LogP contribution in [0.4, 0.5) is 23.1 Å². The second-order valence-corrected chi connectivity index (χ2v) is 8.72. The van der Waals surface area contributed by atoms with Crippen LogP contribution >= 0.6 is 0 Å². The van der Waals surface area contributed by atoms with Gasteiger partial charge in [-0.05, 0) is 42.8 Å². The highest BCUT2D eigenvalue weighted by molar-refractivity contribution is 5.97. The number of nitrogens with one attached hydrogen (secondary N) is 2. The molecule has 2 aliphatic heterocycles. The number of carbonyl (C=O) groups is 2. The summed E-state index contributed by atoms with van der Waals surface area (Å²) in [7, 11) is 0. The number of para-hydroxylation sites is 1. The molecule has 11 heteroatoms. The van der Waals surface area contributed by atoms with Gasteiger partial charge in [-0.3, -0.25) is 9.59 Å². The summed E-state index contributed by atoms with van der Waals surface area (Å²) in [5, 5.41) is 14.8. The van der Waals surface area contributed by atoms with Gasteiger partial charge in [0, 0.05) is 49.2 Å². The van der Waals surface area contributed by atoms with E-state index < -0.39 is 5.91 Å². The fourth-order valence-corrected chi connectivity index (χ4v) is 4.32. The Bertz CT molecular complexity index is 1220. The van der Waals surface area contributed by atoms with Crippen LogP contribution in [0.15, 0.2) is 54.6 Å².